The van der Waals surface area contributed by atoms with Gasteiger partial charge in [0, 0.05) is 6.20 Å². The number of pyridine rings is 1. The number of imidazole rings is 1. The van der Waals surface area contributed by atoms with E-state index < -0.39 is 0 Å². The topological polar surface area (TPSA) is 54.5 Å². The maximum absolute atomic E-state index is 8.80. The Morgan fingerprint density at radius 2 is 2.00 bits per heavy atom. The van der Waals surface area contributed by atoms with Crippen LogP contribution in [0.25, 0.3) is 11.0 Å². The second kappa shape index (κ2) is 5.19. The molecule has 3 rings (SSSR count). The van der Waals surface area contributed by atoms with Gasteiger partial charge in [0.2, 0.25) is 5.28 Å². The minimum Gasteiger partial charge on any atom is -0.309 e. The molecule has 5 heteroatoms. The molecule has 0 saturated carbocycles. The molecule has 1 aromatic carbocycles. The van der Waals surface area contributed by atoms with Gasteiger partial charge in [-0.25, -0.2) is 4.98 Å². The van der Waals surface area contributed by atoms with Gasteiger partial charge in [0.25, 0.3) is 0 Å². The minimum absolute atomic E-state index is 0.446. The summed E-state index contributed by atoms with van der Waals surface area (Å²) in [4.78, 5) is 8.68. The van der Waals surface area contributed by atoms with Gasteiger partial charge in [-0.05, 0) is 60.8 Å². The average Bonchev–Trinajstić information content (AvgIpc) is 2.76. The van der Waals surface area contributed by atoms with Crippen LogP contribution < -0.4 is 0 Å². The molecule has 21 heavy (non-hydrogen) atoms. The molecule has 2 aromatic heterocycles. The van der Waals surface area contributed by atoms with E-state index in [4.69, 9.17) is 16.9 Å². The van der Waals surface area contributed by atoms with Crippen molar-refractivity contribution in [2.75, 3.05) is 0 Å². The molecule has 0 unspecified atom stereocenters. The number of halogens is 1. The monoisotopic (exact) mass is 296 g/mol. The van der Waals surface area contributed by atoms with E-state index in [1.165, 1.54) is 11.1 Å². The molecule has 0 radical (unpaired) electrons. The van der Waals surface area contributed by atoms with Crippen molar-refractivity contribution in [1.29, 1.82) is 5.26 Å². The molecule has 0 N–H and O–H groups in total. The van der Waals surface area contributed by atoms with Crippen molar-refractivity contribution in [3.05, 3.63) is 58.1 Å². The quantitative estimate of drug-likeness (QED) is 0.726. The highest BCUT2D eigenvalue weighted by Crippen LogP contribution is 2.24. The van der Waals surface area contributed by atoms with Crippen LogP contribution in [0.15, 0.2) is 30.5 Å². The maximum Gasteiger partial charge on any atom is 0.204 e. The van der Waals surface area contributed by atoms with Crippen molar-refractivity contribution in [1.82, 2.24) is 14.5 Å². The third-order valence-corrected chi connectivity index (χ3v) is 3.88. The normalized spacial score (nSPS) is 10.8. The fraction of sp³-hybridized carbons (Fsp3) is 0.188. The first-order chi connectivity index (χ1) is 10.1. The molecule has 0 aliphatic carbocycles. The zero-order chi connectivity index (χ0) is 15.0. The van der Waals surface area contributed by atoms with Crippen molar-refractivity contribution in [2.24, 2.45) is 0 Å². The lowest BCUT2D eigenvalue weighted by Gasteiger charge is -2.07. The predicted octanol–water partition coefficient (Wildman–Crippen LogP) is 3.62. The van der Waals surface area contributed by atoms with E-state index in [0.29, 0.717) is 17.4 Å². The van der Waals surface area contributed by atoms with Gasteiger partial charge >= 0.3 is 0 Å². The minimum atomic E-state index is 0.446. The van der Waals surface area contributed by atoms with Gasteiger partial charge in [-0.2, -0.15) is 5.26 Å². The van der Waals surface area contributed by atoms with E-state index in [0.717, 1.165) is 16.7 Å². The zero-order valence-corrected chi connectivity index (χ0v) is 12.5. The number of aromatic nitrogens is 3. The summed E-state index contributed by atoms with van der Waals surface area (Å²) < 4.78 is 1.93. The van der Waals surface area contributed by atoms with E-state index in [-0.39, 0.29) is 0 Å². The SMILES string of the molecule is Cc1cc2nc(Cl)n(Cc3ccc(C#N)cn3)c2cc1C. The third kappa shape index (κ3) is 2.48. The highest BCUT2D eigenvalue weighted by Gasteiger charge is 2.11. The Labute approximate surface area is 127 Å². The molecule has 3 aromatic rings. The Morgan fingerprint density at radius 3 is 2.67 bits per heavy atom. The van der Waals surface area contributed by atoms with Crippen LogP contribution in [-0.2, 0) is 6.54 Å². The molecule has 0 aliphatic heterocycles. The Kier molecular flexibility index (Phi) is 3.36. The number of benzene rings is 1. The van der Waals surface area contributed by atoms with Gasteiger partial charge in [0.1, 0.15) is 6.07 Å². The lowest BCUT2D eigenvalue weighted by Crippen LogP contribution is -2.02. The number of nitrogens with zero attached hydrogens (tertiary/aromatic N) is 4. The van der Waals surface area contributed by atoms with Gasteiger partial charge in [-0.1, -0.05) is 0 Å². The van der Waals surface area contributed by atoms with E-state index in [2.05, 4.69) is 36.0 Å². The first kappa shape index (κ1) is 13.6. The fourth-order valence-corrected chi connectivity index (χ4v) is 2.49. The van der Waals surface area contributed by atoms with Crippen LogP contribution in [0.5, 0.6) is 0 Å². The fourth-order valence-electron chi connectivity index (χ4n) is 2.25. The van der Waals surface area contributed by atoms with E-state index >= 15 is 0 Å². The molecule has 0 atom stereocenters. The van der Waals surface area contributed by atoms with Crippen LogP contribution in [0.3, 0.4) is 0 Å². The first-order valence-electron chi connectivity index (χ1n) is 6.56. The summed E-state index contributed by atoms with van der Waals surface area (Å²) in [5, 5.41) is 9.25. The van der Waals surface area contributed by atoms with Crippen LogP contribution >= 0.6 is 11.6 Å². The van der Waals surface area contributed by atoms with Crippen LogP contribution in [0, 0.1) is 25.2 Å². The summed E-state index contributed by atoms with van der Waals surface area (Å²) in [5.41, 5.74) is 5.67. The van der Waals surface area contributed by atoms with Crippen molar-refractivity contribution in [3.63, 3.8) is 0 Å². The second-order valence-electron chi connectivity index (χ2n) is 5.04. The molecule has 0 spiro atoms. The van der Waals surface area contributed by atoms with Crippen molar-refractivity contribution < 1.29 is 0 Å². The number of hydrogen-bond acceptors (Lipinski definition) is 3. The van der Waals surface area contributed by atoms with Crippen molar-refractivity contribution in [2.45, 2.75) is 20.4 Å². The van der Waals surface area contributed by atoms with Crippen LogP contribution in [0.4, 0.5) is 0 Å². The number of rotatable bonds is 2. The van der Waals surface area contributed by atoms with Crippen LogP contribution in [0.2, 0.25) is 5.28 Å². The van der Waals surface area contributed by atoms with Crippen molar-refractivity contribution in [3.8, 4) is 6.07 Å². The van der Waals surface area contributed by atoms with Gasteiger partial charge in [-0.15, -0.1) is 0 Å². The van der Waals surface area contributed by atoms with Crippen LogP contribution in [-0.4, -0.2) is 14.5 Å². The number of hydrogen-bond donors (Lipinski definition) is 0. The molecular formula is C16H13ClN4. The summed E-state index contributed by atoms with van der Waals surface area (Å²) in [5.74, 6) is 0. The average molecular weight is 297 g/mol. The second-order valence-corrected chi connectivity index (χ2v) is 5.38. The molecule has 104 valence electrons. The highest BCUT2D eigenvalue weighted by atomic mass is 35.5. The lowest BCUT2D eigenvalue weighted by atomic mass is 10.1. The summed E-state index contributed by atoms with van der Waals surface area (Å²) in [6, 6.07) is 9.78. The Hall–Kier alpha value is -2.38. The Morgan fingerprint density at radius 1 is 1.24 bits per heavy atom. The van der Waals surface area contributed by atoms with E-state index in [9.17, 15) is 0 Å². The summed E-state index contributed by atoms with van der Waals surface area (Å²) in [7, 11) is 0. The molecule has 0 aliphatic rings. The zero-order valence-electron chi connectivity index (χ0n) is 11.8. The Balaban J connectivity index is 2.05. The molecule has 0 fully saturated rings. The summed E-state index contributed by atoms with van der Waals surface area (Å²) in [6.45, 7) is 4.66. The lowest BCUT2D eigenvalue weighted by molar-refractivity contribution is 0.797. The van der Waals surface area contributed by atoms with Gasteiger partial charge in [0.05, 0.1) is 28.8 Å². The highest BCUT2D eigenvalue weighted by molar-refractivity contribution is 6.29. The molecule has 2 heterocycles. The molecule has 0 saturated heterocycles. The number of fused-ring (bicyclic) bond motifs is 1. The van der Waals surface area contributed by atoms with Crippen LogP contribution in [0.1, 0.15) is 22.4 Å². The smallest absolute Gasteiger partial charge is 0.204 e. The van der Waals surface area contributed by atoms with E-state index in [1.807, 2.05) is 16.7 Å². The molecule has 0 bridgehead atoms. The van der Waals surface area contributed by atoms with E-state index in [1.54, 1.807) is 12.3 Å². The first-order valence-corrected chi connectivity index (χ1v) is 6.94. The summed E-state index contributed by atoms with van der Waals surface area (Å²) in [6.07, 6.45) is 1.57. The standard InChI is InChI=1S/C16H13ClN4/c1-10-5-14-15(6-11(10)2)21(16(17)20-14)9-13-4-3-12(7-18)8-19-13/h3-6,8H,9H2,1-2H3. The van der Waals surface area contributed by atoms with Crippen molar-refractivity contribution >= 4 is 22.6 Å². The molecule has 4 nitrogen and oxygen atoms in total. The largest absolute Gasteiger partial charge is 0.309 e. The van der Waals surface area contributed by atoms with Gasteiger partial charge in [-0.3, -0.25) is 4.98 Å². The predicted molar refractivity (Wildman–Crippen MR) is 82.3 cm³/mol. The molecule has 0 amide bonds. The third-order valence-electron chi connectivity index (χ3n) is 3.59. The van der Waals surface area contributed by atoms with Gasteiger partial charge < -0.3 is 4.57 Å². The summed E-state index contributed by atoms with van der Waals surface area (Å²) >= 11 is 6.25. The molecular weight excluding hydrogens is 284 g/mol. The number of aryl methyl sites for hydroxylation is 2. The number of nitriles is 1. The maximum atomic E-state index is 8.80. The Bertz CT molecular complexity index is 857. The van der Waals surface area contributed by atoms with Gasteiger partial charge in [0.15, 0.2) is 0 Å².